The monoisotopic (exact) mass is 265 g/mol. The number of hydrogen-bond acceptors (Lipinski definition) is 2. The molecule has 0 radical (unpaired) electrons. The topological polar surface area (TPSA) is 32.3 Å². The lowest BCUT2D eigenvalue weighted by molar-refractivity contribution is 0.148. The maximum absolute atomic E-state index is 12.7. The molecule has 0 aromatic heterocycles. The summed E-state index contributed by atoms with van der Waals surface area (Å²) >= 11 is 0. The van der Waals surface area contributed by atoms with E-state index >= 15 is 0 Å². The fourth-order valence-corrected chi connectivity index (χ4v) is 1.73. The minimum absolute atomic E-state index is 0.0195. The van der Waals surface area contributed by atoms with Crippen LogP contribution in [0.15, 0.2) is 30.3 Å². The minimum Gasteiger partial charge on any atom is -0.396 e. The van der Waals surface area contributed by atoms with Crippen LogP contribution in [0.25, 0.3) is 6.08 Å². The van der Waals surface area contributed by atoms with Gasteiger partial charge in [0.2, 0.25) is 0 Å². The molecule has 1 aromatic carbocycles. The first kappa shape index (κ1) is 15.9. The summed E-state index contributed by atoms with van der Waals surface area (Å²) in [4.78, 5) is 0. The van der Waals surface area contributed by atoms with Crippen LogP contribution in [-0.4, -0.2) is 24.8 Å². The molecule has 2 nitrogen and oxygen atoms in total. The van der Waals surface area contributed by atoms with E-state index in [2.05, 4.69) is 19.2 Å². The van der Waals surface area contributed by atoms with E-state index in [1.807, 2.05) is 12.2 Å². The molecule has 0 bridgehead atoms. The van der Waals surface area contributed by atoms with Crippen LogP contribution in [0.2, 0.25) is 0 Å². The van der Waals surface area contributed by atoms with Gasteiger partial charge in [0.25, 0.3) is 0 Å². The van der Waals surface area contributed by atoms with Gasteiger partial charge in [0.1, 0.15) is 5.82 Å². The summed E-state index contributed by atoms with van der Waals surface area (Å²) < 4.78 is 12.7. The van der Waals surface area contributed by atoms with Crippen molar-refractivity contribution in [1.82, 2.24) is 5.32 Å². The predicted octanol–water partition coefficient (Wildman–Crippen LogP) is 3.23. The third-order valence-electron chi connectivity index (χ3n) is 3.08. The Morgan fingerprint density at radius 1 is 1.26 bits per heavy atom. The van der Waals surface area contributed by atoms with Gasteiger partial charge >= 0.3 is 0 Å². The molecule has 2 N–H and O–H groups in total. The molecule has 106 valence electrons. The molecule has 0 unspecified atom stereocenters. The Morgan fingerprint density at radius 2 is 1.95 bits per heavy atom. The van der Waals surface area contributed by atoms with E-state index in [9.17, 15) is 4.39 Å². The van der Waals surface area contributed by atoms with Crippen molar-refractivity contribution in [1.29, 1.82) is 0 Å². The maximum atomic E-state index is 12.7. The lowest BCUT2D eigenvalue weighted by atomic mass is 9.89. The van der Waals surface area contributed by atoms with Crippen LogP contribution in [0.3, 0.4) is 0 Å². The zero-order valence-corrected chi connectivity index (χ0v) is 11.8. The van der Waals surface area contributed by atoms with Crippen LogP contribution in [0.4, 0.5) is 4.39 Å². The SMILES string of the molecule is CC(C)(CO)CCCNC/C=C/c1ccc(F)cc1. The van der Waals surface area contributed by atoms with Crippen molar-refractivity contribution in [3.05, 3.63) is 41.7 Å². The predicted molar refractivity (Wildman–Crippen MR) is 78.4 cm³/mol. The summed E-state index contributed by atoms with van der Waals surface area (Å²) in [6.45, 7) is 6.12. The zero-order chi connectivity index (χ0) is 14.1. The summed E-state index contributed by atoms with van der Waals surface area (Å²) in [7, 11) is 0. The highest BCUT2D eigenvalue weighted by Gasteiger charge is 2.14. The van der Waals surface area contributed by atoms with Crippen molar-refractivity contribution in [3.63, 3.8) is 0 Å². The molecule has 1 aromatic rings. The van der Waals surface area contributed by atoms with Crippen LogP contribution in [-0.2, 0) is 0 Å². The summed E-state index contributed by atoms with van der Waals surface area (Å²) in [5.41, 5.74) is 1.02. The van der Waals surface area contributed by atoms with Gasteiger partial charge in [-0.3, -0.25) is 0 Å². The highest BCUT2D eigenvalue weighted by molar-refractivity contribution is 5.48. The fourth-order valence-electron chi connectivity index (χ4n) is 1.73. The first-order valence-electron chi connectivity index (χ1n) is 6.77. The van der Waals surface area contributed by atoms with Gasteiger partial charge in [-0.05, 0) is 42.5 Å². The van der Waals surface area contributed by atoms with E-state index in [4.69, 9.17) is 5.11 Å². The van der Waals surface area contributed by atoms with Gasteiger partial charge in [0.05, 0.1) is 0 Å². The molecule has 0 aliphatic rings. The highest BCUT2D eigenvalue weighted by atomic mass is 19.1. The molecule has 19 heavy (non-hydrogen) atoms. The van der Waals surface area contributed by atoms with Gasteiger partial charge in [-0.1, -0.05) is 38.1 Å². The highest BCUT2D eigenvalue weighted by Crippen LogP contribution is 2.20. The lowest BCUT2D eigenvalue weighted by Gasteiger charge is -2.21. The second-order valence-corrected chi connectivity index (χ2v) is 5.58. The van der Waals surface area contributed by atoms with Gasteiger partial charge in [-0.2, -0.15) is 0 Å². The number of aliphatic hydroxyl groups is 1. The van der Waals surface area contributed by atoms with Gasteiger partial charge in [0, 0.05) is 13.2 Å². The first-order valence-corrected chi connectivity index (χ1v) is 6.77. The zero-order valence-electron chi connectivity index (χ0n) is 11.8. The molecule has 1 rings (SSSR count). The molecular weight excluding hydrogens is 241 g/mol. The number of halogens is 1. The average Bonchev–Trinajstić information content (AvgIpc) is 2.40. The Labute approximate surface area is 115 Å². The van der Waals surface area contributed by atoms with Crippen molar-refractivity contribution in [3.8, 4) is 0 Å². The largest absolute Gasteiger partial charge is 0.396 e. The Balaban J connectivity index is 2.12. The van der Waals surface area contributed by atoms with E-state index in [1.165, 1.54) is 12.1 Å². The van der Waals surface area contributed by atoms with Crippen molar-refractivity contribution in [2.75, 3.05) is 19.7 Å². The Morgan fingerprint density at radius 3 is 2.58 bits per heavy atom. The Hall–Kier alpha value is -1.19. The van der Waals surface area contributed by atoms with Gasteiger partial charge in [-0.15, -0.1) is 0 Å². The molecule has 0 saturated carbocycles. The van der Waals surface area contributed by atoms with Crippen LogP contribution in [0, 0.1) is 11.2 Å². The second-order valence-electron chi connectivity index (χ2n) is 5.58. The van der Waals surface area contributed by atoms with Crippen molar-refractivity contribution < 1.29 is 9.50 Å². The summed E-state index contributed by atoms with van der Waals surface area (Å²) in [5, 5.41) is 12.4. The summed E-state index contributed by atoms with van der Waals surface area (Å²) in [6.07, 6.45) is 6.07. The van der Waals surface area contributed by atoms with Crippen molar-refractivity contribution >= 4 is 6.08 Å². The fraction of sp³-hybridized carbons (Fsp3) is 0.500. The van der Waals surface area contributed by atoms with Gasteiger partial charge in [0.15, 0.2) is 0 Å². The molecule has 0 saturated heterocycles. The normalized spacial score (nSPS) is 12.2. The van der Waals surface area contributed by atoms with E-state index in [-0.39, 0.29) is 17.8 Å². The molecule has 3 heteroatoms. The van der Waals surface area contributed by atoms with Crippen LogP contribution < -0.4 is 5.32 Å². The Kier molecular flexibility index (Phi) is 6.74. The summed E-state index contributed by atoms with van der Waals surface area (Å²) in [6, 6.07) is 6.44. The summed E-state index contributed by atoms with van der Waals surface area (Å²) in [5.74, 6) is -0.207. The third kappa shape index (κ3) is 7.09. The average molecular weight is 265 g/mol. The van der Waals surface area contributed by atoms with Crippen molar-refractivity contribution in [2.24, 2.45) is 5.41 Å². The number of rotatable bonds is 8. The van der Waals surface area contributed by atoms with E-state index < -0.39 is 0 Å². The second kappa shape index (κ2) is 8.08. The van der Waals surface area contributed by atoms with Crippen molar-refractivity contribution in [2.45, 2.75) is 26.7 Å². The molecule has 0 fully saturated rings. The van der Waals surface area contributed by atoms with E-state index in [1.54, 1.807) is 12.1 Å². The molecule has 0 spiro atoms. The van der Waals surface area contributed by atoms with E-state index in [0.29, 0.717) is 0 Å². The van der Waals surface area contributed by atoms with Crippen LogP contribution >= 0.6 is 0 Å². The lowest BCUT2D eigenvalue weighted by Crippen LogP contribution is -2.21. The molecule has 0 aliphatic carbocycles. The minimum atomic E-state index is -0.207. The van der Waals surface area contributed by atoms with E-state index in [0.717, 1.165) is 31.5 Å². The first-order chi connectivity index (χ1) is 9.03. The quantitative estimate of drug-likeness (QED) is 0.707. The van der Waals surface area contributed by atoms with Gasteiger partial charge < -0.3 is 10.4 Å². The molecule has 0 heterocycles. The number of hydrogen-bond donors (Lipinski definition) is 2. The molecule has 0 aliphatic heterocycles. The van der Waals surface area contributed by atoms with Crippen LogP contribution in [0.5, 0.6) is 0 Å². The molecule has 0 amide bonds. The number of nitrogens with one attached hydrogen (secondary N) is 1. The maximum Gasteiger partial charge on any atom is 0.123 e. The standard InChI is InChI=1S/C16H24FNO/c1-16(2,13-19)10-4-12-18-11-3-5-14-6-8-15(17)9-7-14/h3,5-9,18-19H,4,10-13H2,1-2H3/b5-3+. The molecule has 0 atom stereocenters. The number of benzene rings is 1. The smallest absolute Gasteiger partial charge is 0.123 e. The van der Waals surface area contributed by atoms with Gasteiger partial charge in [-0.25, -0.2) is 4.39 Å². The molecular formula is C16H24FNO. The number of aliphatic hydroxyl groups excluding tert-OH is 1. The Bertz CT molecular complexity index is 384. The van der Waals surface area contributed by atoms with Crippen LogP contribution in [0.1, 0.15) is 32.3 Å². The third-order valence-corrected chi connectivity index (χ3v) is 3.08.